The lowest BCUT2D eigenvalue weighted by Crippen LogP contribution is -2.47. The van der Waals surface area contributed by atoms with Gasteiger partial charge in [-0.05, 0) is 18.6 Å². The molecule has 1 aliphatic rings. The molecule has 0 bridgehead atoms. The predicted molar refractivity (Wildman–Crippen MR) is 81.6 cm³/mol. The van der Waals surface area contributed by atoms with E-state index in [0.717, 1.165) is 6.26 Å². The van der Waals surface area contributed by atoms with E-state index < -0.39 is 26.0 Å². The number of rotatable bonds is 4. The molecule has 0 saturated carbocycles. The molecule has 1 saturated heterocycles. The Morgan fingerprint density at radius 1 is 1.41 bits per heavy atom. The maximum atomic E-state index is 12.7. The normalized spacial score (nSPS) is 20.9. The summed E-state index contributed by atoms with van der Waals surface area (Å²) in [7, 11) is -7.09. The summed E-state index contributed by atoms with van der Waals surface area (Å²) in [6, 6.07) is 1.46. The summed E-state index contributed by atoms with van der Waals surface area (Å²) in [5, 5.41) is 0. The fraction of sp³-hybridized carbons (Fsp3) is 0.583. The minimum absolute atomic E-state index is 0.0250. The average Bonchev–Trinajstić information content (AvgIpc) is 2.40. The van der Waals surface area contributed by atoms with E-state index in [1.807, 2.05) is 0 Å². The second-order valence-corrected chi connectivity index (χ2v) is 9.44. The third kappa shape index (κ3) is 3.94. The number of nitrogen functional groups attached to an aromatic ring is 1. The van der Waals surface area contributed by atoms with E-state index in [-0.39, 0.29) is 36.2 Å². The van der Waals surface area contributed by atoms with Crippen LogP contribution >= 0.6 is 0 Å². The molecule has 0 spiro atoms. The number of ether oxygens (including phenoxy) is 1. The van der Waals surface area contributed by atoms with Crippen LogP contribution in [-0.2, 0) is 24.6 Å². The summed E-state index contributed by atoms with van der Waals surface area (Å²) < 4.78 is 54.6. The largest absolute Gasteiger partial charge is 0.383 e. The van der Waals surface area contributed by atoms with Gasteiger partial charge in [0.25, 0.3) is 0 Å². The van der Waals surface area contributed by atoms with Crippen molar-refractivity contribution in [2.45, 2.75) is 17.9 Å². The van der Waals surface area contributed by atoms with Crippen LogP contribution in [0.1, 0.15) is 5.56 Å². The molecule has 0 radical (unpaired) electrons. The molecule has 0 aromatic carbocycles. The molecule has 1 aromatic heterocycles. The highest BCUT2D eigenvalue weighted by Gasteiger charge is 2.33. The molecule has 1 aliphatic heterocycles. The molecule has 2 N–H and O–H groups in total. The lowest BCUT2D eigenvalue weighted by molar-refractivity contribution is 0.0121. The SMILES string of the molecule is Cc1cnc(N)c(S(=O)(=O)N2CCOC(CS(C)(=O)=O)C2)c1. The van der Waals surface area contributed by atoms with E-state index in [4.69, 9.17) is 10.5 Å². The Balaban J connectivity index is 2.27. The van der Waals surface area contributed by atoms with E-state index >= 15 is 0 Å². The Hall–Kier alpha value is -1.23. The number of aryl methyl sites for hydroxylation is 1. The van der Waals surface area contributed by atoms with E-state index in [2.05, 4.69) is 4.98 Å². The van der Waals surface area contributed by atoms with Crippen LogP contribution in [0.25, 0.3) is 0 Å². The number of aromatic nitrogens is 1. The van der Waals surface area contributed by atoms with Crippen LogP contribution in [0.5, 0.6) is 0 Å². The van der Waals surface area contributed by atoms with Crippen LogP contribution in [0.2, 0.25) is 0 Å². The molecule has 0 aliphatic carbocycles. The van der Waals surface area contributed by atoms with E-state index in [9.17, 15) is 16.8 Å². The molecule has 10 heteroatoms. The zero-order valence-electron chi connectivity index (χ0n) is 12.4. The van der Waals surface area contributed by atoms with Gasteiger partial charge in [0.1, 0.15) is 20.6 Å². The van der Waals surface area contributed by atoms with Crippen LogP contribution in [0.4, 0.5) is 5.82 Å². The highest BCUT2D eigenvalue weighted by atomic mass is 32.2. The molecule has 124 valence electrons. The lowest BCUT2D eigenvalue weighted by atomic mass is 10.3. The van der Waals surface area contributed by atoms with Gasteiger partial charge >= 0.3 is 0 Å². The fourth-order valence-electron chi connectivity index (χ4n) is 2.25. The molecular formula is C12H19N3O5S2. The quantitative estimate of drug-likeness (QED) is 0.771. The molecule has 2 rings (SSSR count). The summed E-state index contributed by atoms with van der Waals surface area (Å²) in [5.41, 5.74) is 6.35. The first-order chi connectivity index (χ1) is 10.1. The molecule has 1 aromatic rings. The fourth-order valence-corrected chi connectivity index (χ4v) is 4.73. The van der Waals surface area contributed by atoms with Crippen molar-refractivity contribution in [3.8, 4) is 0 Å². The number of nitrogens with zero attached hydrogens (tertiary/aromatic N) is 2. The molecule has 1 fully saturated rings. The number of sulfone groups is 1. The molecule has 1 unspecified atom stereocenters. The Bertz CT molecular complexity index is 761. The van der Waals surface area contributed by atoms with Crippen LogP contribution in [-0.4, -0.2) is 63.9 Å². The standard InChI is InChI=1S/C12H19N3O5S2/c1-9-5-11(12(13)14-6-9)22(18,19)15-3-4-20-10(7-15)8-21(2,16)17/h5-6,10H,3-4,7-8H2,1-2H3,(H2,13,14). The van der Waals surface area contributed by atoms with Gasteiger partial charge in [0, 0.05) is 25.5 Å². The summed E-state index contributed by atoms with van der Waals surface area (Å²) in [4.78, 5) is 3.80. The predicted octanol–water partition coefficient (Wildman–Crippen LogP) is -0.594. The van der Waals surface area contributed by atoms with Gasteiger partial charge in [0.05, 0.1) is 18.5 Å². The van der Waals surface area contributed by atoms with Gasteiger partial charge in [-0.15, -0.1) is 0 Å². The van der Waals surface area contributed by atoms with Gasteiger partial charge < -0.3 is 10.5 Å². The highest BCUT2D eigenvalue weighted by Crippen LogP contribution is 2.23. The zero-order chi connectivity index (χ0) is 16.5. The van der Waals surface area contributed by atoms with Crippen LogP contribution in [0.15, 0.2) is 17.2 Å². The van der Waals surface area contributed by atoms with Gasteiger partial charge in [0.15, 0.2) is 0 Å². The molecule has 8 nitrogen and oxygen atoms in total. The molecule has 22 heavy (non-hydrogen) atoms. The minimum atomic E-state index is -3.83. The van der Waals surface area contributed by atoms with Crippen molar-refractivity contribution in [3.05, 3.63) is 17.8 Å². The summed E-state index contributed by atoms with van der Waals surface area (Å²) >= 11 is 0. The van der Waals surface area contributed by atoms with Crippen molar-refractivity contribution in [1.29, 1.82) is 0 Å². The number of hydrogen-bond acceptors (Lipinski definition) is 7. The van der Waals surface area contributed by atoms with Gasteiger partial charge in [-0.2, -0.15) is 4.31 Å². The summed E-state index contributed by atoms with van der Waals surface area (Å²) in [6.07, 6.45) is 1.89. The van der Waals surface area contributed by atoms with Crippen molar-refractivity contribution in [1.82, 2.24) is 9.29 Å². The Kier molecular flexibility index (Phi) is 4.76. The van der Waals surface area contributed by atoms with Crippen molar-refractivity contribution in [3.63, 3.8) is 0 Å². The number of hydrogen-bond donors (Lipinski definition) is 1. The van der Waals surface area contributed by atoms with Crippen molar-refractivity contribution < 1.29 is 21.6 Å². The molecule has 2 heterocycles. The second kappa shape index (κ2) is 6.11. The number of pyridine rings is 1. The van der Waals surface area contributed by atoms with E-state index in [1.54, 1.807) is 6.92 Å². The van der Waals surface area contributed by atoms with Gasteiger partial charge in [-0.3, -0.25) is 0 Å². The maximum Gasteiger partial charge on any atom is 0.246 e. The number of morpholine rings is 1. The topological polar surface area (TPSA) is 120 Å². The van der Waals surface area contributed by atoms with Crippen molar-refractivity contribution >= 4 is 25.7 Å². The van der Waals surface area contributed by atoms with Gasteiger partial charge in [-0.1, -0.05) is 0 Å². The monoisotopic (exact) mass is 349 g/mol. The lowest BCUT2D eigenvalue weighted by Gasteiger charge is -2.32. The highest BCUT2D eigenvalue weighted by molar-refractivity contribution is 7.90. The number of nitrogens with two attached hydrogens (primary N) is 1. The first-order valence-electron chi connectivity index (χ1n) is 6.61. The average molecular weight is 349 g/mol. The molecular weight excluding hydrogens is 330 g/mol. The van der Waals surface area contributed by atoms with E-state index in [0.29, 0.717) is 5.56 Å². The molecule has 1 atom stereocenters. The molecule has 0 amide bonds. The van der Waals surface area contributed by atoms with Crippen LogP contribution in [0, 0.1) is 6.92 Å². The first kappa shape index (κ1) is 17.1. The van der Waals surface area contributed by atoms with Crippen LogP contribution in [0.3, 0.4) is 0 Å². The van der Waals surface area contributed by atoms with Crippen molar-refractivity contribution in [2.75, 3.05) is 37.4 Å². The Morgan fingerprint density at radius 3 is 2.73 bits per heavy atom. The minimum Gasteiger partial charge on any atom is -0.383 e. The van der Waals surface area contributed by atoms with Gasteiger partial charge in [-0.25, -0.2) is 21.8 Å². The summed E-state index contributed by atoms with van der Waals surface area (Å²) in [6.45, 7) is 1.98. The van der Waals surface area contributed by atoms with Crippen LogP contribution < -0.4 is 5.73 Å². The third-order valence-electron chi connectivity index (χ3n) is 3.23. The number of sulfonamides is 1. The second-order valence-electron chi connectivity index (χ2n) is 5.34. The zero-order valence-corrected chi connectivity index (χ0v) is 14.0. The third-order valence-corrected chi connectivity index (χ3v) is 6.10. The Labute approximate surface area is 130 Å². The maximum absolute atomic E-state index is 12.7. The summed E-state index contributed by atoms with van der Waals surface area (Å²) in [5.74, 6) is -0.294. The number of anilines is 1. The van der Waals surface area contributed by atoms with Crippen molar-refractivity contribution in [2.24, 2.45) is 0 Å². The smallest absolute Gasteiger partial charge is 0.246 e. The Morgan fingerprint density at radius 2 is 2.09 bits per heavy atom. The first-order valence-corrected chi connectivity index (χ1v) is 10.1. The van der Waals surface area contributed by atoms with E-state index in [1.165, 1.54) is 16.6 Å². The van der Waals surface area contributed by atoms with Gasteiger partial charge in [0.2, 0.25) is 10.0 Å².